The Morgan fingerprint density at radius 2 is 2.50 bits per heavy atom. The summed E-state index contributed by atoms with van der Waals surface area (Å²) in [5.41, 5.74) is 1.10. The maximum Gasteiger partial charge on any atom is 0.0485 e. The maximum atomic E-state index is 6.11. The minimum Gasteiger partial charge on any atom is -0.307 e. The van der Waals surface area contributed by atoms with Crippen LogP contribution >= 0.6 is 11.6 Å². The van der Waals surface area contributed by atoms with Crippen LogP contribution in [0.25, 0.3) is 0 Å². The molecule has 1 aromatic heterocycles. The zero-order valence-corrected chi connectivity index (χ0v) is 8.96. The molecule has 76 valence electrons. The van der Waals surface area contributed by atoms with Gasteiger partial charge in [0, 0.05) is 48.7 Å². The van der Waals surface area contributed by atoms with Gasteiger partial charge in [0.15, 0.2) is 0 Å². The third-order valence-electron chi connectivity index (χ3n) is 2.55. The van der Waals surface area contributed by atoms with Gasteiger partial charge >= 0.3 is 0 Å². The number of halogens is 1. The van der Waals surface area contributed by atoms with E-state index < -0.39 is 0 Å². The van der Waals surface area contributed by atoms with E-state index in [1.165, 1.54) is 0 Å². The van der Waals surface area contributed by atoms with Crippen LogP contribution in [0.3, 0.4) is 0 Å². The largest absolute Gasteiger partial charge is 0.307 e. The van der Waals surface area contributed by atoms with Crippen LogP contribution in [0.1, 0.15) is 11.6 Å². The van der Waals surface area contributed by atoms with Crippen molar-refractivity contribution >= 4 is 11.6 Å². The first-order valence-electron chi connectivity index (χ1n) is 4.78. The van der Waals surface area contributed by atoms with Gasteiger partial charge in [0.05, 0.1) is 0 Å². The number of nitrogens with one attached hydrogen (secondary N) is 1. The zero-order chi connectivity index (χ0) is 9.97. The molecule has 0 aliphatic carbocycles. The molecule has 1 atom stereocenters. The second-order valence-corrected chi connectivity index (χ2v) is 4.07. The summed E-state index contributed by atoms with van der Waals surface area (Å²) in [5.74, 6) is 0. The lowest BCUT2D eigenvalue weighted by molar-refractivity contribution is 0.240. The van der Waals surface area contributed by atoms with Gasteiger partial charge in [-0.2, -0.15) is 0 Å². The molecule has 4 heteroatoms. The highest BCUT2D eigenvalue weighted by Gasteiger charge is 2.19. The van der Waals surface area contributed by atoms with Crippen molar-refractivity contribution in [2.45, 2.75) is 6.04 Å². The summed E-state index contributed by atoms with van der Waals surface area (Å²) in [5, 5.41) is 4.24. The normalized spacial score (nSPS) is 23.7. The molecule has 2 heterocycles. The Balaban J connectivity index is 2.18. The summed E-state index contributed by atoms with van der Waals surface area (Å²) in [6, 6.07) is 2.16. The van der Waals surface area contributed by atoms with E-state index in [4.69, 9.17) is 11.6 Å². The highest BCUT2D eigenvalue weighted by Crippen LogP contribution is 2.23. The smallest absolute Gasteiger partial charge is 0.0485 e. The Hall–Kier alpha value is -0.640. The van der Waals surface area contributed by atoms with E-state index in [1.54, 1.807) is 6.20 Å². The fraction of sp³-hybridized carbons (Fsp3) is 0.500. The van der Waals surface area contributed by atoms with E-state index in [1.807, 2.05) is 12.3 Å². The molecule has 1 aromatic rings. The Morgan fingerprint density at radius 1 is 1.64 bits per heavy atom. The van der Waals surface area contributed by atoms with Crippen molar-refractivity contribution in [3.8, 4) is 0 Å². The number of likely N-dealkylation sites (N-methyl/N-ethyl adjacent to an activating group) is 1. The average Bonchev–Trinajstić information content (AvgIpc) is 2.18. The molecular weight excluding hydrogens is 198 g/mol. The lowest BCUT2D eigenvalue weighted by atomic mass is 10.1. The van der Waals surface area contributed by atoms with Crippen molar-refractivity contribution in [2.24, 2.45) is 0 Å². The molecule has 1 aliphatic rings. The van der Waals surface area contributed by atoms with Gasteiger partial charge in [0.2, 0.25) is 0 Å². The van der Waals surface area contributed by atoms with Crippen molar-refractivity contribution in [1.29, 1.82) is 0 Å². The molecule has 3 nitrogen and oxygen atoms in total. The van der Waals surface area contributed by atoms with Gasteiger partial charge in [-0.15, -0.1) is 0 Å². The van der Waals surface area contributed by atoms with Gasteiger partial charge in [-0.25, -0.2) is 0 Å². The SMILES string of the molecule is CN1CCNC(c2cnccc2Cl)C1. The van der Waals surface area contributed by atoms with E-state index in [2.05, 4.69) is 22.2 Å². The van der Waals surface area contributed by atoms with E-state index in [0.29, 0.717) is 6.04 Å². The highest BCUT2D eigenvalue weighted by molar-refractivity contribution is 6.31. The molecule has 2 rings (SSSR count). The summed E-state index contributed by atoms with van der Waals surface area (Å²) in [6.07, 6.45) is 3.57. The third-order valence-corrected chi connectivity index (χ3v) is 2.89. The Bertz CT molecular complexity index is 316. The number of piperazine rings is 1. The van der Waals surface area contributed by atoms with E-state index >= 15 is 0 Å². The molecule has 0 aromatic carbocycles. The van der Waals surface area contributed by atoms with Crippen molar-refractivity contribution in [3.05, 3.63) is 29.0 Å². The number of hydrogen-bond acceptors (Lipinski definition) is 3. The average molecular weight is 212 g/mol. The molecular formula is C10H14ClN3. The van der Waals surface area contributed by atoms with E-state index in [-0.39, 0.29) is 0 Å². The predicted molar refractivity (Wildman–Crippen MR) is 57.5 cm³/mol. The standard InChI is InChI=1S/C10H14ClN3/c1-14-5-4-13-10(7-14)8-6-12-3-2-9(8)11/h2-3,6,10,13H,4-5,7H2,1H3. The summed E-state index contributed by atoms with van der Waals surface area (Å²) >= 11 is 6.11. The first-order valence-corrected chi connectivity index (χ1v) is 5.16. The Labute approximate surface area is 89.1 Å². The lowest BCUT2D eigenvalue weighted by Gasteiger charge is -2.31. The topological polar surface area (TPSA) is 28.2 Å². The molecule has 1 aliphatic heterocycles. The van der Waals surface area contributed by atoms with Crippen molar-refractivity contribution in [1.82, 2.24) is 15.2 Å². The van der Waals surface area contributed by atoms with Gasteiger partial charge in [-0.05, 0) is 13.1 Å². The van der Waals surface area contributed by atoms with E-state index in [0.717, 1.165) is 30.2 Å². The molecule has 0 bridgehead atoms. The number of rotatable bonds is 1. The molecule has 14 heavy (non-hydrogen) atoms. The molecule has 0 spiro atoms. The Morgan fingerprint density at radius 3 is 3.21 bits per heavy atom. The number of pyridine rings is 1. The first kappa shape index (κ1) is 9.90. The van der Waals surface area contributed by atoms with Crippen molar-refractivity contribution < 1.29 is 0 Å². The second-order valence-electron chi connectivity index (χ2n) is 3.67. The van der Waals surface area contributed by atoms with Crippen LogP contribution in [-0.2, 0) is 0 Å². The van der Waals surface area contributed by atoms with Gasteiger partial charge < -0.3 is 10.2 Å². The minimum absolute atomic E-state index is 0.315. The van der Waals surface area contributed by atoms with Crippen LogP contribution in [0.5, 0.6) is 0 Å². The van der Waals surface area contributed by atoms with Gasteiger partial charge in [-0.1, -0.05) is 11.6 Å². The summed E-state index contributed by atoms with van der Waals surface area (Å²) in [7, 11) is 2.12. The first-order chi connectivity index (χ1) is 6.77. The van der Waals surface area contributed by atoms with Crippen molar-refractivity contribution in [2.75, 3.05) is 26.7 Å². The molecule has 0 radical (unpaired) electrons. The number of nitrogens with zero attached hydrogens (tertiary/aromatic N) is 2. The molecule has 1 unspecified atom stereocenters. The summed E-state index contributed by atoms with van der Waals surface area (Å²) in [4.78, 5) is 6.40. The van der Waals surface area contributed by atoms with E-state index in [9.17, 15) is 0 Å². The van der Waals surface area contributed by atoms with Crippen molar-refractivity contribution in [3.63, 3.8) is 0 Å². The maximum absolute atomic E-state index is 6.11. The zero-order valence-electron chi connectivity index (χ0n) is 8.20. The van der Waals surface area contributed by atoms with Gasteiger partial charge in [-0.3, -0.25) is 4.98 Å². The number of hydrogen-bond donors (Lipinski definition) is 1. The van der Waals surface area contributed by atoms with Crippen LogP contribution in [0, 0.1) is 0 Å². The molecule has 1 saturated heterocycles. The highest BCUT2D eigenvalue weighted by atomic mass is 35.5. The molecule has 1 fully saturated rings. The molecule has 0 saturated carbocycles. The molecule has 1 N–H and O–H groups in total. The van der Waals surface area contributed by atoms with Crippen LogP contribution in [0.2, 0.25) is 5.02 Å². The summed E-state index contributed by atoms with van der Waals surface area (Å²) in [6.45, 7) is 3.09. The fourth-order valence-corrected chi connectivity index (χ4v) is 1.99. The Kier molecular flexibility index (Phi) is 3.01. The lowest BCUT2D eigenvalue weighted by Crippen LogP contribution is -2.43. The predicted octanol–water partition coefficient (Wildman–Crippen LogP) is 1.31. The van der Waals surface area contributed by atoms with Crippen LogP contribution in [0.15, 0.2) is 18.5 Å². The second kappa shape index (κ2) is 4.26. The quantitative estimate of drug-likeness (QED) is 0.760. The minimum atomic E-state index is 0.315. The van der Waals surface area contributed by atoms with Gasteiger partial charge in [0.25, 0.3) is 0 Å². The third kappa shape index (κ3) is 2.05. The summed E-state index contributed by atoms with van der Waals surface area (Å²) < 4.78 is 0. The monoisotopic (exact) mass is 211 g/mol. The van der Waals surface area contributed by atoms with Crippen LogP contribution in [0.4, 0.5) is 0 Å². The van der Waals surface area contributed by atoms with Crippen LogP contribution < -0.4 is 5.32 Å². The number of aromatic nitrogens is 1. The van der Waals surface area contributed by atoms with Gasteiger partial charge in [0.1, 0.15) is 0 Å². The fourth-order valence-electron chi connectivity index (χ4n) is 1.75. The van der Waals surface area contributed by atoms with Crippen LogP contribution in [-0.4, -0.2) is 36.6 Å². The molecule has 0 amide bonds.